The smallest absolute Gasteiger partial charge is 0.258 e. The second-order valence-corrected chi connectivity index (χ2v) is 5.11. The Kier molecular flexibility index (Phi) is 3.16. The minimum absolute atomic E-state index is 0.257. The Morgan fingerprint density at radius 3 is 2.39 bits per heavy atom. The van der Waals surface area contributed by atoms with Gasteiger partial charge in [0, 0.05) is 11.6 Å². The number of para-hydroxylation sites is 3. The molecule has 0 aliphatic carbocycles. The van der Waals surface area contributed by atoms with Crippen molar-refractivity contribution in [3.05, 3.63) is 72.6 Å². The van der Waals surface area contributed by atoms with Gasteiger partial charge in [-0.05, 0) is 24.3 Å². The molecule has 110 valence electrons. The van der Waals surface area contributed by atoms with Crippen molar-refractivity contribution < 1.29 is 4.79 Å². The molecule has 0 saturated carbocycles. The van der Waals surface area contributed by atoms with E-state index in [-0.39, 0.29) is 5.91 Å². The Bertz CT molecular complexity index is 1030. The van der Waals surface area contributed by atoms with Crippen LogP contribution < -0.4 is 5.32 Å². The van der Waals surface area contributed by atoms with E-state index < -0.39 is 0 Å². The van der Waals surface area contributed by atoms with Gasteiger partial charge in [0.2, 0.25) is 0 Å². The maximum absolute atomic E-state index is 12.4. The van der Waals surface area contributed by atoms with E-state index in [1.807, 2.05) is 54.6 Å². The number of aromatic nitrogens is 3. The number of amides is 1. The zero-order chi connectivity index (χ0) is 15.6. The molecule has 0 saturated heterocycles. The van der Waals surface area contributed by atoms with Crippen molar-refractivity contribution in [2.45, 2.75) is 0 Å². The van der Waals surface area contributed by atoms with E-state index in [0.717, 1.165) is 21.9 Å². The molecule has 0 aliphatic rings. The summed E-state index contributed by atoms with van der Waals surface area (Å²) in [6.07, 6.45) is 3.11. The number of benzene rings is 2. The molecule has 0 unspecified atom stereocenters. The average molecular weight is 300 g/mol. The van der Waals surface area contributed by atoms with E-state index >= 15 is 0 Å². The van der Waals surface area contributed by atoms with Gasteiger partial charge in [0.1, 0.15) is 0 Å². The van der Waals surface area contributed by atoms with Crippen molar-refractivity contribution in [3.8, 4) is 0 Å². The number of fused-ring (bicyclic) bond motifs is 2. The maximum atomic E-state index is 12.4. The van der Waals surface area contributed by atoms with E-state index in [0.29, 0.717) is 11.4 Å². The number of nitrogens with zero attached hydrogens (tertiary/aromatic N) is 3. The van der Waals surface area contributed by atoms with Crippen molar-refractivity contribution in [3.63, 3.8) is 0 Å². The number of pyridine rings is 1. The molecular weight excluding hydrogens is 288 g/mol. The van der Waals surface area contributed by atoms with E-state index in [1.54, 1.807) is 12.4 Å². The van der Waals surface area contributed by atoms with Gasteiger partial charge in [-0.3, -0.25) is 14.8 Å². The van der Waals surface area contributed by atoms with Gasteiger partial charge in [-0.2, -0.15) is 0 Å². The van der Waals surface area contributed by atoms with E-state index in [2.05, 4.69) is 20.3 Å². The molecule has 1 N–H and O–H groups in total. The molecule has 0 spiro atoms. The molecule has 5 heteroatoms. The SMILES string of the molecule is O=C(Nc1cnc2ccccc2n1)c1cnc2ccccc2c1. The van der Waals surface area contributed by atoms with Gasteiger partial charge in [0.25, 0.3) is 5.91 Å². The lowest BCUT2D eigenvalue weighted by Gasteiger charge is -2.06. The first-order valence-corrected chi connectivity index (χ1v) is 7.17. The Balaban J connectivity index is 1.64. The lowest BCUT2D eigenvalue weighted by atomic mass is 10.1. The number of hydrogen-bond donors (Lipinski definition) is 1. The van der Waals surface area contributed by atoms with Gasteiger partial charge in [-0.25, -0.2) is 4.98 Å². The highest BCUT2D eigenvalue weighted by Crippen LogP contribution is 2.15. The summed E-state index contributed by atoms with van der Waals surface area (Å²) in [6.45, 7) is 0. The lowest BCUT2D eigenvalue weighted by Crippen LogP contribution is -2.13. The lowest BCUT2D eigenvalue weighted by molar-refractivity contribution is 0.102. The molecule has 2 aromatic carbocycles. The summed E-state index contributed by atoms with van der Waals surface area (Å²) in [6, 6.07) is 17.0. The first-order chi connectivity index (χ1) is 11.3. The van der Waals surface area contributed by atoms with Gasteiger partial charge in [-0.15, -0.1) is 0 Å². The number of nitrogens with one attached hydrogen (secondary N) is 1. The highest BCUT2D eigenvalue weighted by molar-refractivity contribution is 6.05. The number of anilines is 1. The molecule has 4 aromatic rings. The molecule has 1 amide bonds. The monoisotopic (exact) mass is 300 g/mol. The Morgan fingerprint density at radius 2 is 1.52 bits per heavy atom. The van der Waals surface area contributed by atoms with E-state index in [9.17, 15) is 4.79 Å². The summed E-state index contributed by atoms with van der Waals surface area (Å²) in [5.74, 6) is 0.162. The van der Waals surface area contributed by atoms with Crippen molar-refractivity contribution in [1.82, 2.24) is 15.0 Å². The third-order valence-electron chi connectivity index (χ3n) is 3.54. The number of carbonyl (C=O) groups excluding carboxylic acids is 1. The number of hydrogen-bond acceptors (Lipinski definition) is 4. The molecule has 4 rings (SSSR count). The highest BCUT2D eigenvalue weighted by atomic mass is 16.1. The van der Waals surface area contributed by atoms with Crippen molar-refractivity contribution >= 4 is 33.7 Å². The summed E-state index contributed by atoms with van der Waals surface area (Å²) in [5, 5.41) is 3.68. The molecule has 5 nitrogen and oxygen atoms in total. The molecule has 0 aliphatic heterocycles. The van der Waals surface area contributed by atoms with Crippen LogP contribution in [0.2, 0.25) is 0 Å². The second-order valence-electron chi connectivity index (χ2n) is 5.11. The van der Waals surface area contributed by atoms with Crippen LogP contribution >= 0.6 is 0 Å². The van der Waals surface area contributed by atoms with Gasteiger partial charge >= 0.3 is 0 Å². The van der Waals surface area contributed by atoms with Crippen LogP contribution in [0.15, 0.2) is 67.0 Å². The Morgan fingerprint density at radius 1 is 0.826 bits per heavy atom. The second kappa shape index (κ2) is 5.46. The van der Waals surface area contributed by atoms with Crippen LogP contribution in [0.3, 0.4) is 0 Å². The fraction of sp³-hybridized carbons (Fsp3) is 0. The van der Waals surface area contributed by atoms with Crippen LogP contribution in [0.1, 0.15) is 10.4 Å². The molecule has 0 radical (unpaired) electrons. The van der Waals surface area contributed by atoms with Crippen molar-refractivity contribution in [1.29, 1.82) is 0 Å². The Labute approximate surface area is 132 Å². The molecule has 0 fully saturated rings. The summed E-state index contributed by atoms with van der Waals surface area (Å²) < 4.78 is 0. The van der Waals surface area contributed by atoms with Crippen LogP contribution in [-0.2, 0) is 0 Å². The third-order valence-corrected chi connectivity index (χ3v) is 3.54. The molecule has 0 atom stereocenters. The van der Waals surface area contributed by atoms with Gasteiger partial charge in [0.05, 0.1) is 28.3 Å². The number of rotatable bonds is 2. The first kappa shape index (κ1) is 13.3. The molecule has 0 bridgehead atoms. The zero-order valence-corrected chi connectivity index (χ0v) is 12.1. The van der Waals surface area contributed by atoms with Gasteiger partial charge in [0.15, 0.2) is 5.82 Å². The molecule has 2 aromatic heterocycles. The average Bonchev–Trinajstić information content (AvgIpc) is 2.61. The van der Waals surface area contributed by atoms with Crippen molar-refractivity contribution in [2.24, 2.45) is 0 Å². The van der Waals surface area contributed by atoms with E-state index in [4.69, 9.17) is 0 Å². The quantitative estimate of drug-likeness (QED) is 0.616. The van der Waals surface area contributed by atoms with Gasteiger partial charge < -0.3 is 5.32 Å². The summed E-state index contributed by atoms with van der Waals surface area (Å²) in [7, 11) is 0. The standard InChI is InChI=1S/C18H12N4O/c23-18(13-9-12-5-1-2-6-14(12)19-10-13)22-17-11-20-15-7-3-4-8-16(15)21-17/h1-11H,(H,21,22,23). The predicted molar refractivity (Wildman–Crippen MR) is 89.2 cm³/mol. The normalized spacial score (nSPS) is 10.8. The topological polar surface area (TPSA) is 67.8 Å². The highest BCUT2D eigenvalue weighted by Gasteiger charge is 2.09. The van der Waals surface area contributed by atoms with Crippen LogP contribution in [0.25, 0.3) is 21.9 Å². The summed E-state index contributed by atoms with van der Waals surface area (Å²) in [5.41, 5.74) is 2.87. The maximum Gasteiger partial charge on any atom is 0.258 e. The minimum atomic E-state index is -0.257. The molecular formula is C18H12N4O. The van der Waals surface area contributed by atoms with Crippen LogP contribution in [-0.4, -0.2) is 20.9 Å². The largest absolute Gasteiger partial charge is 0.305 e. The van der Waals surface area contributed by atoms with Crippen LogP contribution in [0.4, 0.5) is 5.82 Å². The summed E-state index contributed by atoms with van der Waals surface area (Å²) in [4.78, 5) is 25.3. The number of carbonyl (C=O) groups is 1. The predicted octanol–water partition coefficient (Wildman–Crippen LogP) is 3.43. The molecule has 23 heavy (non-hydrogen) atoms. The van der Waals surface area contributed by atoms with Gasteiger partial charge in [-0.1, -0.05) is 30.3 Å². The first-order valence-electron chi connectivity index (χ1n) is 7.17. The fourth-order valence-electron chi connectivity index (χ4n) is 2.40. The van der Waals surface area contributed by atoms with Crippen LogP contribution in [0.5, 0.6) is 0 Å². The van der Waals surface area contributed by atoms with Crippen LogP contribution in [0, 0.1) is 0 Å². The van der Waals surface area contributed by atoms with E-state index in [1.165, 1.54) is 0 Å². The van der Waals surface area contributed by atoms with Crippen molar-refractivity contribution in [2.75, 3.05) is 5.32 Å². The fourth-order valence-corrected chi connectivity index (χ4v) is 2.40. The minimum Gasteiger partial charge on any atom is -0.305 e. The molecule has 2 heterocycles. The third kappa shape index (κ3) is 2.60. The summed E-state index contributed by atoms with van der Waals surface area (Å²) >= 11 is 0. The zero-order valence-electron chi connectivity index (χ0n) is 12.1. The Hall–Kier alpha value is -3.34.